The lowest BCUT2D eigenvalue weighted by Crippen LogP contribution is -2.26. The fourth-order valence-corrected chi connectivity index (χ4v) is 3.42. The van der Waals surface area contributed by atoms with Crippen molar-refractivity contribution in [1.82, 2.24) is 0 Å². The topological polar surface area (TPSA) is 29.3 Å². The minimum absolute atomic E-state index is 0.425. The zero-order valence-corrected chi connectivity index (χ0v) is 12.3. The number of benzene rings is 1. The van der Waals surface area contributed by atoms with E-state index in [0.717, 1.165) is 26.1 Å². The van der Waals surface area contributed by atoms with E-state index in [1.807, 2.05) is 0 Å². The SMILES string of the molecule is CC1(C)CCN(c2ccc(CCN)cc2)CCS1. The fourth-order valence-electron chi connectivity index (χ4n) is 2.32. The van der Waals surface area contributed by atoms with Crippen LogP contribution in [0.2, 0.25) is 0 Å². The lowest BCUT2D eigenvalue weighted by atomic mass is 10.1. The average molecular weight is 264 g/mol. The van der Waals surface area contributed by atoms with Crippen LogP contribution in [0, 0.1) is 0 Å². The Hall–Kier alpha value is -0.670. The van der Waals surface area contributed by atoms with E-state index < -0.39 is 0 Å². The summed E-state index contributed by atoms with van der Waals surface area (Å²) < 4.78 is 0.425. The van der Waals surface area contributed by atoms with Crippen molar-refractivity contribution >= 4 is 17.4 Å². The molecule has 0 spiro atoms. The normalized spacial score (nSPS) is 19.6. The summed E-state index contributed by atoms with van der Waals surface area (Å²) in [5.41, 5.74) is 8.27. The summed E-state index contributed by atoms with van der Waals surface area (Å²) in [6, 6.07) is 8.92. The molecule has 18 heavy (non-hydrogen) atoms. The number of nitrogens with zero attached hydrogens (tertiary/aromatic N) is 1. The van der Waals surface area contributed by atoms with Crippen molar-refractivity contribution in [3.05, 3.63) is 29.8 Å². The highest BCUT2D eigenvalue weighted by Crippen LogP contribution is 2.32. The Bertz CT molecular complexity index is 373. The molecule has 0 saturated carbocycles. The van der Waals surface area contributed by atoms with Crippen LogP contribution in [0.15, 0.2) is 24.3 Å². The van der Waals surface area contributed by atoms with Gasteiger partial charge in [-0.15, -0.1) is 0 Å². The lowest BCUT2D eigenvalue weighted by Gasteiger charge is -2.24. The first-order chi connectivity index (χ1) is 8.61. The molecule has 1 heterocycles. The Morgan fingerprint density at radius 3 is 2.61 bits per heavy atom. The van der Waals surface area contributed by atoms with Gasteiger partial charge in [-0.3, -0.25) is 0 Å². The highest BCUT2D eigenvalue weighted by molar-refractivity contribution is 8.00. The minimum atomic E-state index is 0.425. The lowest BCUT2D eigenvalue weighted by molar-refractivity contribution is 0.638. The summed E-state index contributed by atoms with van der Waals surface area (Å²) in [6.07, 6.45) is 2.23. The molecule has 0 aliphatic carbocycles. The van der Waals surface area contributed by atoms with E-state index in [1.165, 1.54) is 23.4 Å². The number of hydrogen-bond donors (Lipinski definition) is 1. The summed E-state index contributed by atoms with van der Waals surface area (Å²) >= 11 is 2.09. The molecule has 0 bridgehead atoms. The van der Waals surface area contributed by atoms with Crippen LogP contribution in [0.4, 0.5) is 5.69 Å². The smallest absolute Gasteiger partial charge is 0.0366 e. The predicted octanol–water partition coefficient (Wildman–Crippen LogP) is 2.91. The van der Waals surface area contributed by atoms with Gasteiger partial charge < -0.3 is 10.6 Å². The van der Waals surface area contributed by atoms with Crippen LogP contribution in [0.1, 0.15) is 25.8 Å². The summed E-state index contributed by atoms with van der Waals surface area (Å²) in [7, 11) is 0. The van der Waals surface area contributed by atoms with Crippen molar-refractivity contribution < 1.29 is 0 Å². The van der Waals surface area contributed by atoms with Crippen LogP contribution < -0.4 is 10.6 Å². The van der Waals surface area contributed by atoms with Crippen molar-refractivity contribution in [2.45, 2.75) is 31.4 Å². The van der Waals surface area contributed by atoms with Crippen LogP contribution in [-0.4, -0.2) is 30.1 Å². The third kappa shape index (κ3) is 3.66. The van der Waals surface area contributed by atoms with Gasteiger partial charge in [-0.25, -0.2) is 0 Å². The Morgan fingerprint density at radius 1 is 1.22 bits per heavy atom. The van der Waals surface area contributed by atoms with Crippen molar-refractivity contribution in [3.63, 3.8) is 0 Å². The molecule has 1 aliphatic heterocycles. The van der Waals surface area contributed by atoms with Gasteiger partial charge in [-0.05, 0) is 37.1 Å². The van der Waals surface area contributed by atoms with E-state index in [-0.39, 0.29) is 0 Å². The number of thioether (sulfide) groups is 1. The van der Waals surface area contributed by atoms with Crippen LogP contribution in [-0.2, 0) is 6.42 Å². The first-order valence-electron chi connectivity index (χ1n) is 6.79. The zero-order chi connectivity index (χ0) is 13.0. The monoisotopic (exact) mass is 264 g/mol. The fraction of sp³-hybridized carbons (Fsp3) is 0.600. The maximum atomic E-state index is 5.58. The van der Waals surface area contributed by atoms with Gasteiger partial charge in [0.1, 0.15) is 0 Å². The number of rotatable bonds is 3. The quantitative estimate of drug-likeness (QED) is 0.910. The third-order valence-electron chi connectivity index (χ3n) is 3.57. The first kappa shape index (κ1) is 13.8. The molecule has 1 aromatic rings. The number of nitrogens with two attached hydrogens (primary N) is 1. The van der Waals surface area contributed by atoms with Crippen LogP contribution in [0.5, 0.6) is 0 Å². The minimum Gasteiger partial charge on any atom is -0.371 e. The van der Waals surface area contributed by atoms with Crippen LogP contribution in [0.3, 0.4) is 0 Å². The number of hydrogen-bond acceptors (Lipinski definition) is 3. The highest BCUT2D eigenvalue weighted by Gasteiger charge is 2.23. The van der Waals surface area contributed by atoms with Crippen molar-refractivity contribution in [2.24, 2.45) is 5.73 Å². The highest BCUT2D eigenvalue weighted by atomic mass is 32.2. The van der Waals surface area contributed by atoms with E-state index in [2.05, 4.69) is 54.8 Å². The van der Waals surface area contributed by atoms with Crippen molar-refractivity contribution in [2.75, 3.05) is 30.3 Å². The number of anilines is 1. The molecular weight excluding hydrogens is 240 g/mol. The summed E-state index contributed by atoms with van der Waals surface area (Å²) in [5.74, 6) is 1.22. The molecule has 2 nitrogen and oxygen atoms in total. The summed E-state index contributed by atoms with van der Waals surface area (Å²) in [4.78, 5) is 2.51. The Balaban J connectivity index is 2.02. The maximum Gasteiger partial charge on any atom is 0.0366 e. The second-order valence-corrected chi connectivity index (χ2v) is 7.35. The van der Waals surface area contributed by atoms with E-state index >= 15 is 0 Å². The van der Waals surface area contributed by atoms with Crippen molar-refractivity contribution in [1.29, 1.82) is 0 Å². The molecule has 2 rings (SSSR count). The average Bonchev–Trinajstić information content (AvgIpc) is 2.52. The predicted molar refractivity (Wildman–Crippen MR) is 82.6 cm³/mol. The standard InChI is InChI=1S/C15H24N2S/c1-15(2)8-10-17(11-12-18-15)14-5-3-13(4-6-14)7-9-16/h3-6H,7-12,16H2,1-2H3. The largest absolute Gasteiger partial charge is 0.371 e. The van der Waals surface area contributed by atoms with Gasteiger partial charge in [0.05, 0.1) is 0 Å². The Morgan fingerprint density at radius 2 is 1.94 bits per heavy atom. The zero-order valence-electron chi connectivity index (χ0n) is 11.5. The van der Waals surface area contributed by atoms with Gasteiger partial charge in [0, 0.05) is 29.3 Å². The summed E-state index contributed by atoms with van der Waals surface area (Å²) in [5, 5.41) is 0. The molecule has 0 radical (unpaired) electrons. The van der Waals surface area contributed by atoms with Gasteiger partial charge in [-0.1, -0.05) is 26.0 Å². The Kier molecular flexibility index (Phi) is 4.57. The molecule has 0 aromatic heterocycles. The van der Waals surface area contributed by atoms with E-state index in [4.69, 9.17) is 5.73 Å². The second kappa shape index (κ2) is 5.98. The molecule has 1 aromatic carbocycles. The first-order valence-corrected chi connectivity index (χ1v) is 7.77. The van der Waals surface area contributed by atoms with Crippen LogP contribution in [0.25, 0.3) is 0 Å². The molecule has 0 atom stereocenters. The van der Waals surface area contributed by atoms with Gasteiger partial charge in [0.2, 0.25) is 0 Å². The maximum absolute atomic E-state index is 5.58. The van der Waals surface area contributed by atoms with Crippen molar-refractivity contribution in [3.8, 4) is 0 Å². The van der Waals surface area contributed by atoms with E-state index in [1.54, 1.807) is 0 Å². The van der Waals surface area contributed by atoms with Gasteiger partial charge in [0.25, 0.3) is 0 Å². The second-order valence-electron chi connectivity index (χ2n) is 5.55. The molecule has 100 valence electrons. The molecule has 0 amide bonds. The Labute approximate surface area is 115 Å². The van der Waals surface area contributed by atoms with Gasteiger partial charge in [-0.2, -0.15) is 11.8 Å². The van der Waals surface area contributed by atoms with Gasteiger partial charge >= 0.3 is 0 Å². The molecule has 3 heteroatoms. The van der Waals surface area contributed by atoms with E-state index in [9.17, 15) is 0 Å². The molecule has 1 aliphatic rings. The third-order valence-corrected chi connectivity index (χ3v) is 4.94. The summed E-state index contributed by atoms with van der Waals surface area (Å²) in [6.45, 7) is 7.76. The van der Waals surface area contributed by atoms with E-state index in [0.29, 0.717) is 4.75 Å². The molecule has 0 unspecified atom stereocenters. The van der Waals surface area contributed by atoms with Gasteiger partial charge in [0.15, 0.2) is 0 Å². The van der Waals surface area contributed by atoms with Crippen LogP contribution >= 0.6 is 11.8 Å². The molecule has 2 N–H and O–H groups in total. The molecule has 1 saturated heterocycles. The molecular formula is C15H24N2S. The molecule has 1 fully saturated rings.